The molecule has 0 aliphatic carbocycles. The molecule has 0 N–H and O–H groups in total. The number of rotatable bonds is 5. The highest BCUT2D eigenvalue weighted by molar-refractivity contribution is 5.76. The van der Waals surface area contributed by atoms with Gasteiger partial charge in [0.05, 0.1) is 6.54 Å². The second-order valence-corrected chi connectivity index (χ2v) is 5.98. The fourth-order valence-corrected chi connectivity index (χ4v) is 2.48. The van der Waals surface area contributed by atoms with Crippen LogP contribution in [0.2, 0.25) is 0 Å². The van der Waals surface area contributed by atoms with E-state index in [9.17, 15) is 4.79 Å². The van der Waals surface area contributed by atoms with E-state index in [0.29, 0.717) is 25.4 Å². The molecule has 1 aliphatic heterocycles. The van der Waals surface area contributed by atoms with Crippen molar-refractivity contribution in [1.29, 1.82) is 0 Å². The molecule has 0 spiro atoms. The maximum absolute atomic E-state index is 12.2. The van der Waals surface area contributed by atoms with Gasteiger partial charge < -0.3 is 9.32 Å². The number of hydrogen-bond acceptors (Lipinski definition) is 6. The molecule has 22 heavy (non-hydrogen) atoms. The lowest BCUT2D eigenvalue weighted by Gasteiger charge is -2.25. The van der Waals surface area contributed by atoms with Crippen molar-refractivity contribution in [2.75, 3.05) is 6.54 Å². The van der Waals surface area contributed by atoms with E-state index in [0.717, 1.165) is 30.2 Å². The molecule has 3 rings (SSSR count). The van der Waals surface area contributed by atoms with Crippen molar-refractivity contribution in [3.63, 3.8) is 0 Å². The largest absolute Gasteiger partial charge is 0.445 e. The van der Waals surface area contributed by atoms with E-state index in [1.165, 1.54) is 11.0 Å². The molecule has 1 amide bonds. The lowest BCUT2D eigenvalue weighted by Crippen LogP contribution is -2.38. The summed E-state index contributed by atoms with van der Waals surface area (Å²) in [5.74, 6) is 2.32. The summed E-state index contributed by atoms with van der Waals surface area (Å²) in [5.41, 5.74) is 0.884. The Morgan fingerprint density at radius 3 is 3.05 bits per heavy atom. The van der Waals surface area contributed by atoms with Crippen molar-refractivity contribution in [1.82, 2.24) is 30.1 Å². The molecule has 0 aromatic carbocycles. The summed E-state index contributed by atoms with van der Waals surface area (Å²) in [6, 6.07) is 0. The van der Waals surface area contributed by atoms with Crippen LogP contribution in [0, 0.1) is 5.92 Å². The molecule has 0 unspecified atom stereocenters. The highest BCUT2D eigenvalue weighted by atomic mass is 16.4. The van der Waals surface area contributed by atoms with E-state index < -0.39 is 0 Å². The number of hydrogen-bond donors (Lipinski definition) is 0. The van der Waals surface area contributed by atoms with Crippen LogP contribution in [-0.4, -0.2) is 42.5 Å². The summed E-state index contributed by atoms with van der Waals surface area (Å²) < 4.78 is 7.23. The van der Waals surface area contributed by atoms with Crippen LogP contribution in [0.25, 0.3) is 0 Å². The lowest BCUT2D eigenvalue weighted by molar-refractivity contribution is -0.133. The van der Waals surface area contributed by atoms with Gasteiger partial charge in [0.15, 0.2) is 5.89 Å². The zero-order chi connectivity index (χ0) is 15.5. The maximum Gasteiger partial charge on any atom is 0.244 e. The Morgan fingerprint density at radius 1 is 1.45 bits per heavy atom. The van der Waals surface area contributed by atoms with Crippen molar-refractivity contribution in [3.05, 3.63) is 23.7 Å². The van der Waals surface area contributed by atoms with Crippen LogP contribution in [0.5, 0.6) is 0 Å². The van der Waals surface area contributed by atoms with Gasteiger partial charge in [-0.2, -0.15) is 0 Å². The van der Waals surface area contributed by atoms with E-state index >= 15 is 0 Å². The van der Waals surface area contributed by atoms with Crippen molar-refractivity contribution >= 4 is 5.91 Å². The van der Waals surface area contributed by atoms with Crippen molar-refractivity contribution < 1.29 is 9.21 Å². The average molecular weight is 304 g/mol. The molecule has 2 aromatic rings. The summed E-state index contributed by atoms with van der Waals surface area (Å²) in [5, 5.41) is 10.8. The lowest BCUT2D eigenvalue weighted by atomic mass is 10.1. The third-order valence-electron chi connectivity index (χ3n) is 3.75. The third-order valence-corrected chi connectivity index (χ3v) is 3.75. The van der Waals surface area contributed by atoms with Crippen molar-refractivity contribution in [3.8, 4) is 0 Å². The van der Waals surface area contributed by atoms with Gasteiger partial charge in [0.25, 0.3) is 0 Å². The normalized spacial score (nSPS) is 14.4. The predicted octanol–water partition coefficient (Wildman–Crippen LogP) is 0.835. The Labute approximate surface area is 128 Å². The Balaban J connectivity index is 1.62. The number of oxazole rings is 1. The highest BCUT2D eigenvalue weighted by Gasteiger charge is 2.25. The fourth-order valence-electron chi connectivity index (χ4n) is 2.48. The van der Waals surface area contributed by atoms with E-state index in [4.69, 9.17) is 4.42 Å². The summed E-state index contributed by atoms with van der Waals surface area (Å²) in [6.45, 7) is 5.67. The molecule has 2 aromatic heterocycles. The van der Waals surface area contributed by atoms with Crippen molar-refractivity contribution in [2.45, 2.75) is 46.2 Å². The molecule has 1 aliphatic rings. The number of carbonyl (C=O) groups excluding carboxylic acids is 1. The van der Waals surface area contributed by atoms with E-state index in [1.807, 2.05) is 0 Å². The minimum absolute atomic E-state index is 0.00956. The number of aromatic nitrogens is 5. The number of tetrazole rings is 1. The van der Waals surface area contributed by atoms with Crippen LogP contribution in [0.1, 0.15) is 37.6 Å². The molecular formula is C14H20N6O2. The van der Waals surface area contributed by atoms with Gasteiger partial charge in [0.2, 0.25) is 5.91 Å². The summed E-state index contributed by atoms with van der Waals surface area (Å²) >= 11 is 0. The molecule has 0 bridgehead atoms. The molecule has 0 radical (unpaired) electrons. The number of aryl methyl sites for hydroxylation is 1. The van der Waals surface area contributed by atoms with Crippen molar-refractivity contribution in [2.24, 2.45) is 5.92 Å². The number of amides is 1. The number of fused-ring (bicyclic) bond motifs is 1. The van der Waals surface area contributed by atoms with Gasteiger partial charge in [-0.1, -0.05) is 13.8 Å². The number of carbonyl (C=O) groups is 1. The second-order valence-electron chi connectivity index (χ2n) is 5.98. The first kappa shape index (κ1) is 14.7. The standard InChI is InChI=1S/C14H20N6O2/c1-10(2)3-4-13-16-11-7-19(6-5-12(11)22-13)14(21)8-20-9-15-17-18-20/h9-10H,3-8H2,1-2H3. The minimum atomic E-state index is -0.00956. The van der Waals surface area contributed by atoms with Crippen LogP contribution in [0.3, 0.4) is 0 Å². The Hall–Kier alpha value is -2.25. The van der Waals surface area contributed by atoms with Gasteiger partial charge in [-0.05, 0) is 22.8 Å². The third kappa shape index (κ3) is 3.32. The first-order valence-electron chi connectivity index (χ1n) is 7.58. The van der Waals surface area contributed by atoms with Gasteiger partial charge in [0.1, 0.15) is 24.3 Å². The molecular weight excluding hydrogens is 284 g/mol. The monoisotopic (exact) mass is 304 g/mol. The van der Waals surface area contributed by atoms with Crippen LogP contribution >= 0.6 is 0 Å². The smallest absolute Gasteiger partial charge is 0.244 e. The Morgan fingerprint density at radius 2 is 2.32 bits per heavy atom. The zero-order valence-corrected chi connectivity index (χ0v) is 12.9. The van der Waals surface area contributed by atoms with Crippen LogP contribution in [0.15, 0.2) is 10.7 Å². The molecule has 0 fully saturated rings. The second kappa shape index (κ2) is 6.25. The predicted molar refractivity (Wildman–Crippen MR) is 76.6 cm³/mol. The maximum atomic E-state index is 12.2. The molecule has 0 saturated carbocycles. The molecule has 8 heteroatoms. The van der Waals surface area contributed by atoms with Gasteiger partial charge in [-0.25, -0.2) is 9.67 Å². The Bertz CT molecular complexity index is 634. The van der Waals surface area contributed by atoms with E-state index in [1.54, 1.807) is 4.90 Å². The van der Waals surface area contributed by atoms with Gasteiger partial charge in [-0.15, -0.1) is 5.10 Å². The average Bonchev–Trinajstić information content (AvgIpc) is 3.12. The molecule has 118 valence electrons. The topological polar surface area (TPSA) is 89.9 Å². The Kier molecular flexibility index (Phi) is 4.17. The van der Waals surface area contributed by atoms with Crippen LogP contribution in [-0.2, 0) is 30.7 Å². The zero-order valence-electron chi connectivity index (χ0n) is 12.9. The first-order valence-corrected chi connectivity index (χ1v) is 7.58. The molecule has 3 heterocycles. The number of nitrogens with zero attached hydrogens (tertiary/aromatic N) is 6. The van der Waals surface area contributed by atoms with Gasteiger partial charge >= 0.3 is 0 Å². The highest BCUT2D eigenvalue weighted by Crippen LogP contribution is 2.21. The van der Waals surface area contributed by atoms with Crippen LogP contribution in [0.4, 0.5) is 0 Å². The SMILES string of the molecule is CC(C)CCc1nc2c(o1)CCN(C(=O)Cn1cnnn1)C2. The minimum Gasteiger partial charge on any atom is -0.445 e. The molecule has 0 atom stereocenters. The van der Waals surface area contributed by atoms with Crippen LogP contribution < -0.4 is 0 Å². The summed E-state index contributed by atoms with van der Waals surface area (Å²) in [7, 11) is 0. The summed E-state index contributed by atoms with van der Waals surface area (Å²) in [4.78, 5) is 18.6. The van der Waals surface area contributed by atoms with E-state index in [2.05, 4.69) is 34.4 Å². The fraction of sp³-hybridized carbons (Fsp3) is 0.643. The molecule has 8 nitrogen and oxygen atoms in total. The summed E-state index contributed by atoms with van der Waals surface area (Å²) in [6.07, 6.45) is 4.06. The molecule has 0 saturated heterocycles. The first-order chi connectivity index (χ1) is 10.6. The van der Waals surface area contributed by atoms with E-state index in [-0.39, 0.29) is 12.5 Å². The quantitative estimate of drug-likeness (QED) is 0.813. The van der Waals surface area contributed by atoms with Gasteiger partial charge in [-0.3, -0.25) is 4.79 Å². The van der Waals surface area contributed by atoms with Gasteiger partial charge in [0, 0.05) is 19.4 Å².